The molecular formula is C20H30N6. The van der Waals surface area contributed by atoms with Crippen molar-refractivity contribution in [1.29, 1.82) is 0 Å². The second-order valence-electron chi connectivity index (χ2n) is 7.20. The van der Waals surface area contributed by atoms with Crippen LogP contribution in [0.3, 0.4) is 0 Å². The van der Waals surface area contributed by atoms with Crippen molar-refractivity contribution in [1.82, 2.24) is 24.9 Å². The zero-order valence-corrected chi connectivity index (χ0v) is 16.1. The zero-order valence-electron chi connectivity index (χ0n) is 16.1. The summed E-state index contributed by atoms with van der Waals surface area (Å²) in [4.78, 5) is 9.38. The average Bonchev–Trinajstić information content (AvgIpc) is 3.18. The lowest BCUT2D eigenvalue weighted by molar-refractivity contribution is 0.164. The molecular weight excluding hydrogens is 324 g/mol. The van der Waals surface area contributed by atoms with Crippen LogP contribution in [0.15, 0.2) is 47.7 Å². The Bertz CT molecular complexity index is 699. The first-order chi connectivity index (χ1) is 12.7. The molecule has 2 aromatic rings. The van der Waals surface area contributed by atoms with Gasteiger partial charge in [-0.15, -0.1) is 0 Å². The molecule has 140 valence electrons. The molecule has 1 aromatic carbocycles. The average molecular weight is 355 g/mol. The monoisotopic (exact) mass is 354 g/mol. The third kappa shape index (κ3) is 4.85. The molecule has 26 heavy (non-hydrogen) atoms. The van der Waals surface area contributed by atoms with E-state index in [0.29, 0.717) is 0 Å². The van der Waals surface area contributed by atoms with Gasteiger partial charge in [0.05, 0.1) is 5.69 Å². The molecule has 1 aromatic heterocycles. The van der Waals surface area contributed by atoms with Crippen LogP contribution in [0.4, 0.5) is 0 Å². The Kier molecular flexibility index (Phi) is 6.28. The topological polar surface area (TPSA) is 48.7 Å². The van der Waals surface area contributed by atoms with Crippen molar-refractivity contribution < 1.29 is 0 Å². The van der Waals surface area contributed by atoms with Gasteiger partial charge in [-0.2, -0.15) is 5.10 Å². The van der Waals surface area contributed by atoms with Gasteiger partial charge in [0, 0.05) is 58.7 Å². The Balaban J connectivity index is 1.54. The van der Waals surface area contributed by atoms with Crippen molar-refractivity contribution in [2.75, 3.05) is 39.8 Å². The first-order valence-electron chi connectivity index (χ1n) is 9.42. The molecule has 1 N–H and O–H groups in total. The van der Waals surface area contributed by atoms with Gasteiger partial charge in [0.2, 0.25) is 0 Å². The lowest BCUT2D eigenvalue weighted by atomic mass is 10.2. The van der Waals surface area contributed by atoms with Crippen LogP contribution < -0.4 is 5.32 Å². The zero-order chi connectivity index (χ0) is 18.4. The van der Waals surface area contributed by atoms with Gasteiger partial charge >= 0.3 is 0 Å². The van der Waals surface area contributed by atoms with Crippen LogP contribution in [0, 0.1) is 5.92 Å². The lowest BCUT2D eigenvalue weighted by Crippen LogP contribution is -2.52. The number of aromatic nitrogens is 2. The first kappa shape index (κ1) is 18.5. The molecule has 0 aliphatic carbocycles. The van der Waals surface area contributed by atoms with Crippen LogP contribution >= 0.6 is 0 Å². The number of guanidine groups is 1. The highest BCUT2D eigenvalue weighted by molar-refractivity contribution is 5.80. The van der Waals surface area contributed by atoms with E-state index < -0.39 is 0 Å². The van der Waals surface area contributed by atoms with Gasteiger partial charge < -0.3 is 10.2 Å². The predicted molar refractivity (Wildman–Crippen MR) is 107 cm³/mol. The maximum atomic E-state index is 4.48. The van der Waals surface area contributed by atoms with Crippen LogP contribution in [0.25, 0.3) is 5.69 Å². The first-order valence-corrected chi connectivity index (χ1v) is 9.42. The standard InChI is InChI=1S/C20H30N6/c1-17(2)16-24-10-12-25(13-11-24)20(21-3)22-15-18-6-4-7-19(14-18)26-9-5-8-23-26/h4-9,14,17H,10-13,15-16H2,1-3H3,(H,21,22). The summed E-state index contributed by atoms with van der Waals surface area (Å²) in [5, 5.41) is 7.81. The summed E-state index contributed by atoms with van der Waals surface area (Å²) in [6.45, 7) is 10.8. The molecule has 0 atom stereocenters. The van der Waals surface area contributed by atoms with Gasteiger partial charge in [-0.05, 0) is 29.7 Å². The summed E-state index contributed by atoms with van der Waals surface area (Å²) < 4.78 is 1.88. The van der Waals surface area contributed by atoms with E-state index in [1.165, 1.54) is 12.1 Å². The molecule has 0 spiro atoms. The van der Waals surface area contributed by atoms with Crippen molar-refractivity contribution in [3.63, 3.8) is 0 Å². The second kappa shape index (κ2) is 8.85. The Morgan fingerprint density at radius 2 is 2.00 bits per heavy atom. The molecule has 0 saturated carbocycles. The largest absolute Gasteiger partial charge is 0.352 e. The second-order valence-corrected chi connectivity index (χ2v) is 7.20. The van der Waals surface area contributed by atoms with Crippen molar-refractivity contribution >= 4 is 5.96 Å². The quantitative estimate of drug-likeness (QED) is 0.661. The molecule has 1 aliphatic rings. The van der Waals surface area contributed by atoms with E-state index in [-0.39, 0.29) is 0 Å². The van der Waals surface area contributed by atoms with Crippen LogP contribution in [-0.4, -0.2) is 65.3 Å². The minimum Gasteiger partial charge on any atom is -0.352 e. The molecule has 0 amide bonds. The normalized spacial score (nSPS) is 16.3. The lowest BCUT2D eigenvalue weighted by Gasteiger charge is -2.37. The molecule has 6 nitrogen and oxygen atoms in total. The summed E-state index contributed by atoms with van der Waals surface area (Å²) in [6, 6.07) is 10.4. The van der Waals surface area contributed by atoms with Crippen molar-refractivity contribution in [3.05, 3.63) is 48.3 Å². The number of hydrogen-bond donors (Lipinski definition) is 1. The molecule has 1 aliphatic heterocycles. The van der Waals surface area contributed by atoms with Crippen molar-refractivity contribution in [3.8, 4) is 5.69 Å². The summed E-state index contributed by atoms with van der Waals surface area (Å²) in [5.41, 5.74) is 2.30. The van der Waals surface area contributed by atoms with Crippen LogP contribution in [0.1, 0.15) is 19.4 Å². The fourth-order valence-electron chi connectivity index (χ4n) is 3.40. The molecule has 6 heteroatoms. The Labute approximate surface area is 156 Å². The Morgan fingerprint density at radius 3 is 2.65 bits per heavy atom. The van der Waals surface area contributed by atoms with E-state index in [1.54, 1.807) is 6.20 Å². The minimum absolute atomic E-state index is 0.723. The maximum Gasteiger partial charge on any atom is 0.194 e. The van der Waals surface area contributed by atoms with Gasteiger partial charge in [0.15, 0.2) is 5.96 Å². The van der Waals surface area contributed by atoms with Gasteiger partial charge in [0.25, 0.3) is 0 Å². The van der Waals surface area contributed by atoms with Gasteiger partial charge in [0.1, 0.15) is 0 Å². The predicted octanol–water partition coefficient (Wildman–Crippen LogP) is 2.22. The summed E-state index contributed by atoms with van der Waals surface area (Å²) in [7, 11) is 1.86. The molecule has 1 saturated heterocycles. The van der Waals surface area contributed by atoms with E-state index >= 15 is 0 Å². The van der Waals surface area contributed by atoms with Crippen LogP contribution in [-0.2, 0) is 6.54 Å². The summed E-state index contributed by atoms with van der Waals surface area (Å²) >= 11 is 0. The highest BCUT2D eigenvalue weighted by Crippen LogP contribution is 2.10. The number of nitrogens with one attached hydrogen (secondary N) is 1. The van der Waals surface area contributed by atoms with Crippen molar-refractivity contribution in [2.24, 2.45) is 10.9 Å². The van der Waals surface area contributed by atoms with E-state index in [4.69, 9.17) is 0 Å². The highest BCUT2D eigenvalue weighted by atomic mass is 15.3. The van der Waals surface area contributed by atoms with E-state index in [0.717, 1.165) is 50.3 Å². The van der Waals surface area contributed by atoms with Gasteiger partial charge in [-0.3, -0.25) is 9.89 Å². The van der Waals surface area contributed by atoms with E-state index in [1.807, 2.05) is 24.0 Å². The molecule has 2 heterocycles. The molecule has 1 fully saturated rings. The smallest absolute Gasteiger partial charge is 0.194 e. The Morgan fingerprint density at radius 1 is 1.19 bits per heavy atom. The van der Waals surface area contributed by atoms with Gasteiger partial charge in [-0.1, -0.05) is 26.0 Å². The van der Waals surface area contributed by atoms with Crippen LogP contribution in [0.2, 0.25) is 0 Å². The number of hydrogen-bond acceptors (Lipinski definition) is 3. The van der Waals surface area contributed by atoms with E-state index in [2.05, 4.69) is 63.3 Å². The number of piperazine rings is 1. The van der Waals surface area contributed by atoms with E-state index in [9.17, 15) is 0 Å². The fraction of sp³-hybridized carbons (Fsp3) is 0.500. The van der Waals surface area contributed by atoms with Gasteiger partial charge in [-0.25, -0.2) is 4.68 Å². The number of aliphatic imine (C=N–C) groups is 1. The molecule has 0 unspecified atom stereocenters. The molecule has 0 radical (unpaired) electrons. The third-order valence-electron chi connectivity index (χ3n) is 4.64. The minimum atomic E-state index is 0.723. The maximum absolute atomic E-state index is 4.48. The number of nitrogens with zero attached hydrogens (tertiary/aromatic N) is 5. The number of rotatable bonds is 5. The fourth-order valence-corrected chi connectivity index (χ4v) is 3.40. The third-order valence-corrected chi connectivity index (χ3v) is 4.64. The van der Waals surface area contributed by atoms with Crippen molar-refractivity contribution in [2.45, 2.75) is 20.4 Å². The summed E-state index contributed by atoms with van der Waals surface area (Å²) in [5.74, 6) is 1.71. The molecule has 0 bridgehead atoms. The summed E-state index contributed by atoms with van der Waals surface area (Å²) in [6.07, 6.45) is 3.76. The number of benzene rings is 1. The highest BCUT2D eigenvalue weighted by Gasteiger charge is 2.19. The Hall–Kier alpha value is -2.34. The molecule has 3 rings (SSSR count). The SMILES string of the molecule is CN=C(NCc1cccc(-n2cccn2)c1)N1CCN(CC(C)C)CC1. The van der Waals surface area contributed by atoms with Crippen LogP contribution in [0.5, 0.6) is 0 Å².